The van der Waals surface area contributed by atoms with E-state index in [1.54, 1.807) is 18.5 Å². The molecule has 1 saturated carbocycles. The zero-order valence-electron chi connectivity index (χ0n) is 9.53. The molecule has 0 radical (unpaired) electrons. The van der Waals surface area contributed by atoms with E-state index in [4.69, 9.17) is 17.3 Å². The summed E-state index contributed by atoms with van der Waals surface area (Å²) in [6.07, 6.45) is 6.17. The summed E-state index contributed by atoms with van der Waals surface area (Å²) in [5.74, 6) is 0.314. The van der Waals surface area contributed by atoms with Gasteiger partial charge in [-0.15, -0.1) is 0 Å². The van der Waals surface area contributed by atoms with E-state index in [-0.39, 0.29) is 11.8 Å². The molecule has 92 valence electrons. The van der Waals surface area contributed by atoms with Gasteiger partial charge in [-0.3, -0.25) is 9.78 Å². The monoisotopic (exact) mass is 253 g/mol. The number of rotatable bonds is 3. The van der Waals surface area contributed by atoms with Crippen LogP contribution in [-0.2, 0) is 4.79 Å². The average molecular weight is 254 g/mol. The van der Waals surface area contributed by atoms with Crippen LogP contribution in [0, 0.1) is 11.8 Å². The van der Waals surface area contributed by atoms with Gasteiger partial charge in [0.15, 0.2) is 0 Å². The van der Waals surface area contributed by atoms with Gasteiger partial charge in [-0.2, -0.15) is 0 Å². The lowest BCUT2D eigenvalue weighted by molar-refractivity contribution is -0.120. The van der Waals surface area contributed by atoms with Crippen molar-refractivity contribution in [1.29, 1.82) is 0 Å². The third-order valence-corrected chi connectivity index (χ3v) is 3.65. The van der Waals surface area contributed by atoms with Crippen molar-refractivity contribution in [3.05, 3.63) is 23.5 Å². The second kappa shape index (κ2) is 5.47. The van der Waals surface area contributed by atoms with Gasteiger partial charge in [0.05, 0.1) is 16.9 Å². The van der Waals surface area contributed by atoms with Gasteiger partial charge in [0, 0.05) is 12.1 Å². The highest BCUT2D eigenvalue weighted by Crippen LogP contribution is 2.32. The Morgan fingerprint density at radius 2 is 2.41 bits per heavy atom. The van der Waals surface area contributed by atoms with Crippen LogP contribution in [-0.4, -0.2) is 17.4 Å². The van der Waals surface area contributed by atoms with Gasteiger partial charge >= 0.3 is 0 Å². The minimum Gasteiger partial charge on any atom is -0.330 e. The predicted molar refractivity (Wildman–Crippen MR) is 67.8 cm³/mol. The number of nitrogens with one attached hydrogen (secondary N) is 1. The van der Waals surface area contributed by atoms with Crippen LogP contribution in [0.1, 0.15) is 19.3 Å². The molecule has 2 rings (SSSR count). The number of hydrogen-bond acceptors (Lipinski definition) is 3. The minimum absolute atomic E-state index is 0.00727. The largest absolute Gasteiger partial charge is 0.330 e. The van der Waals surface area contributed by atoms with E-state index in [1.165, 1.54) is 0 Å². The summed E-state index contributed by atoms with van der Waals surface area (Å²) in [4.78, 5) is 16.0. The Kier molecular flexibility index (Phi) is 3.97. The summed E-state index contributed by atoms with van der Waals surface area (Å²) >= 11 is 5.97. The molecule has 1 fully saturated rings. The maximum Gasteiger partial charge on any atom is 0.227 e. The SMILES string of the molecule is NCC1CCCC1C(=O)Nc1cnccc1Cl. The molecule has 5 heteroatoms. The molecule has 0 aliphatic heterocycles. The van der Waals surface area contributed by atoms with Crippen molar-refractivity contribution in [2.24, 2.45) is 17.6 Å². The molecule has 1 aromatic heterocycles. The van der Waals surface area contributed by atoms with Crippen molar-refractivity contribution in [2.45, 2.75) is 19.3 Å². The first-order chi connectivity index (χ1) is 8.22. The average Bonchev–Trinajstić information content (AvgIpc) is 2.80. The van der Waals surface area contributed by atoms with Crippen LogP contribution < -0.4 is 11.1 Å². The number of aromatic nitrogens is 1. The standard InChI is InChI=1S/C12H16ClN3O/c13-10-4-5-15-7-11(10)16-12(17)9-3-1-2-8(9)6-14/h4-5,7-9H,1-3,6,14H2,(H,16,17). The fourth-order valence-corrected chi connectivity index (χ4v) is 2.51. The molecule has 2 unspecified atom stereocenters. The fourth-order valence-electron chi connectivity index (χ4n) is 2.36. The summed E-state index contributed by atoms with van der Waals surface area (Å²) in [6.45, 7) is 0.568. The van der Waals surface area contributed by atoms with Crippen LogP contribution in [0.2, 0.25) is 5.02 Å². The van der Waals surface area contributed by atoms with Crippen LogP contribution in [0.25, 0.3) is 0 Å². The van der Waals surface area contributed by atoms with Crippen molar-refractivity contribution in [2.75, 3.05) is 11.9 Å². The quantitative estimate of drug-likeness (QED) is 0.866. The zero-order valence-corrected chi connectivity index (χ0v) is 10.3. The second-order valence-corrected chi connectivity index (χ2v) is 4.79. The van der Waals surface area contributed by atoms with E-state index in [0.29, 0.717) is 23.2 Å². The Labute approximate surface area is 106 Å². The number of nitrogens with two attached hydrogens (primary N) is 1. The lowest BCUT2D eigenvalue weighted by Gasteiger charge is -2.17. The lowest BCUT2D eigenvalue weighted by Crippen LogP contribution is -2.29. The fraction of sp³-hybridized carbons (Fsp3) is 0.500. The number of amides is 1. The highest BCUT2D eigenvalue weighted by Gasteiger charge is 2.32. The summed E-state index contributed by atoms with van der Waals surface area (Å²) in [7, 11) is 0. The second-order valence-electron chi connectivity index (χ2n) is 4.38. The predicted octanol–water partition coefficient (Wildman–Crippen LogP) is 2.05. The lowest BCUT2D eigenvalue weighted by atomic mass is 9.95. The third-order valence-electron chi connectivity index (χ3n) is 3.32. The molecule has 0 bridgehead atoms. The molecule has 4 nitrogen and oxygen atoms in total. The van der Waals surface area contributed by atoms with E-state index < -0.39 is 0 Å². The van der Waals surface area contributed by atoms with Gasteiger partial charge in [0.2, 0.25) is 5.91 Å². The van der Waals surface area contributed by atoms with Crippen LogP contribution in [0.3, 0.4) is 0 Å². The van der Waals surface area contributed by atoms with E-state index in [9.17, 15) is 4.79 Å². The maximum absolute atomic E-state index is 12.1. The number of hydrogen-bond donors (Lipinski definition) is 2. The summed E-state index contributed by atoms with van der Waals surface area (Å²) < 4.78 is 0. The maximum atomic E-state index is 12.1. The topological polar surface area (TPSA) is 68.0 Å². The number of pyridine rings is 1. The Bertz CT molecular complexity index is 410. The molecular weight excluding hydrogens is 238 g/mol. The van der Waals surface area contributed by atoms with Crippen LogP contribution in [0.4, 0.5) is 5.69 Å². The molecule has 0 spiro atoms. The molecule has 1 amide bonds. The third kappa shape index (κ3) is 2.76. The number of carbonyl (C=O) groups is 1. The van der Waals surface area contributed by atoms with Crippen molar-refractivity contribution in [1.82, 2.24) is 4.98 Å². The van der Waals surface area contributed by atoms with Crippen LogP contribution in [0.15, 0.2) is 18.5 Å². The molecule has 0 saturated heterocycles. The number of anilines is 1. The van der Waals surface area contributed by atoms with Crippen molar-refractivity contribution < 1.29 is 4.79 Å². The van der Waals surface area contributed by atoms with Gasteiger partial charge in [0.25, 0.3) is 0 Å². The Hall–Kier alpha value is -1.13. The molecule has 0 aromatic carbocycles. The molecular formula is C12H16ClN3O. The Morgan fingerprint density at radius 1 is 1.59 bits per heavy atom. The highest BCUT2D eigenvalue weighted by molar-refractivity contribution is 6.33. The molecule has 1 aromatic rings. The molecule has 1 aliphatic rings. The first-order valence-electron chi connectivity index (χ1n) is 5.83. The van der Waals surface area contributed by atoms with E-state index in [0.717, 1.165) is 19.3 Å². The van der Waals surface area contributed by atoms with E-state index >= 15 is 0 Å². The number of carbonyl (C=O) groups excluding carboxylic acids is 1. The number of nitrogens with zero attached hydrogens (tertiary/aromatic N) is 1. The molecule has 1 aliphatic carbocycles. The first kappa shape index (κ1) is 12.3. The summed E-state index contributed by atoms with van der Waals surface area (Å²) in [5.41, 5.74) is 6.24. The van der Waals surface area contributed by atoms with Crippen molar-refractivity contribution in [3.63, 3.8) is 0 Å². The van der Waals surface area contributed by atoms with Crippen LogP contribution in [0.5, 0.6) is 0 Å². The van der Waals surface area contributed by atoms with Gasteiger partial charge < -0.3 is 11.1 Å². The first-order valence-corrected chi connectivity index (χ1v) is 6.20. The molecule has 3 N–H and O–H groups in total. The van der Waals surface area contributed by atoms with Gasteiger partial charge in [-0.1, -0.05) is 18.0 Å². The Balaban J connectivity index is 2.04. The molecule has 2 atom stereocenters. The normalized spacial score (nSPS) is 23.6. The Morgan fingerprint density at radius 3 is 3.12 bits per heavy atom. The van der Waals surface area contributed by atoms with Crippen molar-refractivity contribution >= 4 is 23.2 Å². The van der Waals surface area contributed by atoms with Gasteiger partial charge in [-0.25, -0.2) is 0 Å². The smallest absolute Gasteiger partial charge is 0.227 e. The van der Waals surface area contributed by atoms with Gasteiger partial charge in [0.1, 0.15) is 0 Å². The van der Waals surface area contributed by atoms with Crippen LogP contribution >= 0.6 is 11.6 Å². The van der Waals surface area contributed by atoms with Crippen molar-refractivity contribution in [3.8, 4) is 0 Å². The van der Waals surface area contributed by atoms with Gasteiger partial charge in [-0.05, 0) is 31.4 Å². The summed E-state index contributed by atoms with van der Waals surface area (Å²) in [5, 5.41) is 3.34. The minimum atomic E-state index is 0.00727. The summed E-state index contributed by atoms with van der Waals surface area (Å²) in [6, 6.07) is 1.66. The van der Waals surface area contributed by atoms with E-state index in [1.807, 2.05) is 0 Å². The highest BCUT2D eigenvalue weighted by atomic mass is 35.5. The number of halogens is 1. The zero-order chi connectivity index (χ0) is 12.3. The van der Waals surface area contributed by atoms with E-state index in [2.05, 4.69) is 10.3 Å². The molecule has 17 heavy (non-hydrogen) atoms. The molecule has 1 heterocycles.